The molecule has 0 amide bonds. The van der Waals surface area contributed by atoms with Gasteiger partial charge in [-0.1, -0.05) is 25.7 Å². The van der Waals surface area contributed by atoms with Gasteiger partial charge in [0.15, 0.2) is 0 Å². The second-order valence-corrected chi connectivity index (χ2v) is 8.20. The van der Waals surface area contributed by atoms with Crippen LogP contribution in [-0.4, -0.2) is 90.3 Å². The molecule has 1 aliphatic carbocycles. The fourth-order valence-corrected chi connectivity index (χ4v) is 4.42. The molecule has 0 spiro atoms. The first-order valence-electron chi connectivity index (χ1n) is 5.58. The van der Waals surface area contributed by atoms with Crippen LogP contribution in [0, 0.1) is 0 Å². The van der Waals surface area contributed by atoms with Gasteiger partial charge in [0.05, 0.1) is 0 Å². The summed E-state index contributed by atoms with van der Waals surface area (Å²) < 4.78 is 22.2. The SMILES string of the molecule is O=P(O)(O)C(NC1CCCCCC1)P(=O)(O)O.[Na].[Na]. The molecule has 0 heterocycles. The first-order chi connectivity index (χ1) is 7.71. The summed E-state index contributed by atoms with van der Waals surface area (Å²) in [7, 11) is -9.70. The molecule has 1 fully saturated rings. The number of nitrogens with one attached hydrogen (secondary N) is 1. The monoisotopic (exact) mass is 333 g/mol. The Morgan fingerprint density at radius 2 is 1.21 bits per heavy atom. The summed E-state index contributed by atoms with van der Waals surface area (Å²) in [6, 6.07) is -0.234. The van der Waals surface area contributed by atoms with Crippen LogP contribution in [-0.2, 0) is 9.13 Å². The van der Waals surface area contributed by atoms with Gasteiger partial charge in [-0.2, -0.15) is 0 Å². The van der Waals surface area contributed by atoms with E-state index >= 15 is 0 Å². The van der Waals surface area contributed by atoms with E-state index in [1.165, 1.54) is 0 Å². The van der Waals surface area contributed by atoms with Crippen molar-refractivity contribution in [2.45, 2.75) is 50.1 Å². The number of rotatable bonds is 4. The third-order valence-corrected chi connectivity index (χ3v) is 6.25. The van der Waals surface area contributed by atoms with E-state index in [0.717, 1.165) is 25.7 Å². The van der Waals surface area contributed by atoms with Crippen LogP contribution in [0.3, 0.4) is 0 Å². The molecule has 11 heteroatoms. The Morgan fingerprint density at radius 1 is 0.842 bits per heavy atom. The molecule has 104 valence electrons. The minimum atomic E-state index is -4.85. The Hall–Kier alpha value is 2.26. The molecule has 1 saturated carbocycles. The largest absolute Gasteiger partial charge is 0.354 e. The maximum absolute atomic E-state index is 11.1. The van der Waals surface area contributed by atoms with Crippen LogP contribution >= 0.6 is 15.2 Å². The van der Waals surface area contributed by atoms with Crippen LogP contribution in [0.2, 0.25) is 0 Å². The molecular weight excluding hydrogens is 314 g/mol. The van der Waals surface area contributed by atoms with Gasteiger partial charge in [-0.05, 0) is 12.8 Å². The second kappa shape index (κ2) is 10.1. The van der Waals surface area contributed by atoms with Gasteiger partial charge in [0.1, 0.15) is 0 Å². The second-order valence-electron chi connectivity index (χ2n) is 4.41. The summed E-state index contributed by atoms with van der Waals surface area (Å²) in [5.74, 6) is 0. The van der Waals surface area contributed by atoms with Gasteiger partial charge in [0, 0.05) is 65.2 Å². The predicted octanol–water partition coefficient (Wildman–Crippen LogP) is 0.176. The van der Waals surface area contributed by atoms with Crippen LogP contribution in [0.1, 0.15) is 38.5 Å². The molecule has 19 heavy (non-hydrogen) atoms. The summed E-state index contributed by atoms with van der Waals surface area (Å²) in [5.41, 5.74) is -2.07. The van der Waals surface area contributed by atoms with Gasteiger partial charge < -0.3 is 19.6 Å². The summed E-state index contributed by atoms with van der Waals surface area (Å²) in [5, 5.41) is 2.45. The fourth-order valence-electron chi connectivity index (χ4n) is 2.05. The summed E-state index contributed by atoms with van der Waals surface area (Å²) in [6.07, 6.45) is 5.30. The van der Waals surface area contributed by atoms with Crippen molar-refractivity contribution < 1.29 is 28.7 Å². The molecule has 1 rings (SSSR count). The van der Waals surface area contributed by atoms with Crippen molar-refractivity contribution in [2.75, 3.05) is 0 Å². The third kappa shape index (κ3) is 9.09. The molecule has 0 saturated heterocycles. The number of hydrogen-bond donors (Lipinski definition) is 5. The first kappa shape index (κ1) is 23.5. The third-order valence-electron chi connectivity index (χ3n) is 2.88. The molecule has 0 bridgehead atoms. The van der Waals surface area contributed by atoms with Crippen molar-refractivity contribution in [3.8, 4) is 0 Å². The van der Waals surface area contributed by atoms with Crippen molar-refractivity contribution in [3.63, 3.8) is 0 Å². The molecular formula is C8H19NNa2O6P2. The molecule has 0 aromatic heterocycles. The van der Waals surface area contributed by atoms with Crippen molar-refractivity contribution >= 4 is 74.3 Å². The van der Waals surface area contributed by atoms with E-state index in [-0.39, 0.29) is 65.2 Å². The van der Waals surface area contributed by atoms with Gasteiger partial charge in [-0.15, -0.1) is 0 Å². The zero-order valence-corrected chi connectivity index (χ0v) is 17.2. The van der Waals surface area contributed by atoms with Crippen LogP contribution in [0.4, 0.5) is 0 Å². The zero-order valence-electron chi connectivity index (χ0n) is 11.4. The Morgan fingerprint density at radius 3 is 1.53 bits per heavy atom. The van der Waals surface area contributed by atoms with Crippen molar-refractivity contribution in [3.05, 3.63) is 0 Å². The summed E-state index contributed by atoms with van der Waals surface area (Å²) >= 11 is 0. The van der Waals surface area contributed by atoms with Gasteiger partial charge in [-0.3, -0.25) is 14.4 Å². The van der Waals surface area contributed by atoms with Gasteiger partial charge >= 0.3 is 15.2 Å². The molecule has 1 aliphatic rings. The standard InChI is InChI=1S/C8H19NO6P2.2Na/c10-16(11,12)8(17(13,14)15)9-7-5-3-1-2-4-6-7;;/h7-9H,1-6H2,(H2,10,11,12)(H2,13,14,15);;. The average molecular weight is 333 g/mol. The van der Waals surface area contributed by atoms with Crippen LogP contribution in [0.5, 0.6) is 0 Å². The van der Waals surface area contributed by atoms with E-state index < -0.39 is 20.7 Å². The van der Waals surface area contributed by atoms with Gasteiger partial charge in [-0.25, -0.2) is 0 Å². The molecule has 2 radical (unpaired) electrons. The fraction of sp³-hybridized carbons (Fsp3) is 1.00. The molecule has 0 unspecified atom stereocenters. The predicted molar refractivity (Wildman–Crippen MR) is 74.0 cm³/mol. The summed E-state index contributed by atoms with van der Waals surface area (Å²) in [4.78, 5) is 35.9. The van der Waals surface area contributed by atoms with E-state index in [1.54, 1.807) is 0 Å². The maximum atomic E-state index is 11.1. The Labute approximate surface area is 157 Å². The summed E-state index contributed by atoms with van der Waals surface area (Å²) in [6.45, 7) is 0. The normalized spacial score (nSPS) is 18.4. The molecule has 0 aromatic rings. The minimum absolute atomic E-state index is 0. The van der Waals surface area contributed by atoms with Crippen molar-refractivity contribution in [2.24, 2.45) is 0 Å². The van der Waals surface area contributed by atoms with E-state index in [1.807, 2.05) is 0 Å². The van der Waals surface area contributed by atoms with Crippen molar-refractivity contribution in [1.82, 2.24) is 5.32 Å². The molecule has 5 N–H and O–H groups in total. The maximum Gasteiger partial charge on any atom is 0.354 e. The van der Waals surface area contributed by atoms with E-state index in [2.05, 4.69) is 5.32 Å². The quantitative estimate of drug-likeness (QED) is 0.282. The molecule has 0 aromatic carbocycles. The molecule has 0 aliphatic heterocycles. The van der Waals surface area contributed by atoms with E-state index in [9.17, 15) is 9.13 Å². The Bertz CT molecular complexity index is 316. The average Bonchev–Trinajstić information content (AvgIpc) is 2.38. The smallest absolute Gasteiger partial charge is 0.323 e. The Kier molecular flexibility index (Phi) is 12.5. The van der Waals surface area contributed by atoms with Crippen molar-refractivity contribution in [1.29, 1.82) is 0 Å². The molecule has 0 atom stereocenters. The van der Waals surface area contributed by atoms with Gasteiger partial charge in [0.25, 0.3) is 0 Å². The van der Waals surface area contributed by atoms with E-state index in [4.69, 9.17) is 19.6 Å². The molecule has 7 nitrogen and oxygen atoms in total. The minimum Gasteiger partial charge on any atom is -0.323 e. The van der Waals surface area contributed by atoms with Gasteiger partial charge in [0.2, 0.25) is 5.52 Å². The number of hydrogen-bond acceptors (Lipinski definition) is 3. The zero-order chi connectivity index (χ0) is 13.1. The van der Waals surface area contributed by atoms with Crippen LogP contribution in [0.15, 0.2) is 0 Å². The first-order valence-corrected chi connectivity index (χ1v) is 8.94. The van der Waals surface area contributed by atoms with Crippen LogP contribution in [0.25, 0.3) is 0 Å². The van der Waals surface area contributed by atoms with Crippen LogP contribution < -0.4 is 5.32 Å². The van der Waals surface area contributed by atoms with E-state index in [0.29, 0.717) is 12.8 Å². The Balaban J connectivity index is 0. The topological polar surface area (TPSA) is 127 Å².